The SMILES string of the molecule is CCOc1cccc(Oc2cc(F)cc(Br)c2)c1[N+](=O)[O-]. The van der Waals surface area contributed by atoms with Crippen LogP contribution in [0.2, 0.25) is 0 Å². The molecular formula is C14H11BrFNO4. The minimum absolute atomic E-state index is 0.0107. The highest BCUT2D eigenvalue weighted by Crippen LogP contribution is 2.39. The maximum absolute atomic E-state index is 13.3. The van der Waals surface area contributed by atoms with Crippen LogP contribution in [0.1, 0.15) is 6.92 Å². The predicted octanol–water partition coefficient (Wildman–Crippen LogP) is 4.69. The van der Waals surface area contributed by atoms with Gasteiger partial charge in [-0.1, -0.05) is 22.0 Å². The van der Waals surface area contributed by atoms with Gasteiger partial charge in [0, 0.05) is 10.5 Å². The molecule has 0 radical (unpaired) electrons. The van der Waals surface area contributed by atoms with Gasteiger partial charge in [0.05, 0.1) is 11.5 Å². The van der Waals surface area contributed by atoms with Gasteiger partial charge in [0.1, 0.15) is 11.6 Å². The van der Waals surface area contributed by atoms with E-state index in [1.54, 1.807) is 13.0 Å². The van der Waals surface area contributed by atoms with Gasteiger partial charge in [0.25, 0.3) is 0 Å². The maximum atomic E-state index is 13.3. The number of nitro groups is 1. The van der Waals surface area contributed by atoms with Gasteiger partial charge in [-0.3, -0.25) is 10.1 Å². The molecule has 0 spiro atoms. The molecule has 0 atom stereocenters. The zero-order valence-corrected chi connectivity index (χ0v) is 12.6. The molecule has 7 heteroatoms. The lowest BCUT2D eigenvalue weighted by atomic mass is 10.2. The largest absolute Gasteiger partial charge is 0.487 e. The van der Waals surface area contributed by atoms with Gasteiger partial charge < -0.3 is 9.47 Å². The van der Waals surface area contributed by atoms with Crippen LogP contribution in [-0.4, -0.2) is 11.5 Å². The number of para-hydroxylation sites is 1. The maximum Gasteiger partial charge on any atom is 0.352 e. The predicted molar refractivity (Wildman–Crippen MR) is 78.4 cm³/mol. The van der Waals surface area contributed by atoms with Crippen molar-refractivity contribution in [2.45, 2.75) is 6.92 Å². The summed E-state index contributed by atoms with van der Waals surface area (Å²) in [5.74, 6) is -0.263. The van der Waals surface area contributed by atoms with Crippen LogP contribution in [0.25, 0.3) is 0 Å². The van der Waals surface area contributed by atoms with Crippen LogP contribution in [0.15, 0.2) is 40.9 Å². The fourth-order valence-corrected chi connectivity index (χ4v) is 2.20. The Morgan fingerprint density at radius 1 is 1.29 bits per heavy atom. The third kappa shape index (κ3) is 3.69. The van der Waals surface area contributed by atoms with Crippen LogP contribution < -0.4 is 9.47 Å². The number of nitro benzene ring substituents is 1. The summed E-state index contributed by atoms with van der Waals surface area (Å²) in [6, 6.07) is 8.40. The van der Waals surface area contributed by atoms with Crippen LogP contribution in [0.4, 0.5) is 10.1 Å². The normalized spacial score (nSPS) is 10.2. The summed E-state index contributed by atoms with van der Waals surface area (Å²) in [5.41, 5.74) is -0.292. The van der Waals surface area contributed by atoms with Crippen LogP contribution in [-0.2, 0) is 0 Å². The Hall–Kier alpha value is -2.15. The Morgan fingerprint density at radius 3 is 2.62 bits per heavy atom. The molecule has 0 aliphatic heterocycles. The lowest BCUT2D eigenvalue weighted by molar-refractivity contribution is -0.386. The average molecular weight is 356 g/mol. The molecule has 0 unspecified atom stereocenters. The number of halogens is 2. The van der Waals surface area contributed by atoms with Gasteiger partial charge in [-0.25, -0.2) is 4.39 Å². The molecule has 0 aliphatic carbocycles. The molecule has 2 rings (SSSR count). The minimum Gasteiger partial charge on any atom is -0.487 e. The number of rotatable bonds is 5. The lowest BCUT2D eigenvalue weighted by Gasteiger charge is -2.10. The van der Waals surface area contributed by atoms with Crippen LogP contribution in [0.5, 0.6) is 17.2 Å². The summed E-state index contributed by atoms with van der Waals surface area (Å²) in [7, 11) is 0. The second-order valence-corrected chi connectivity index (χ2v) is 4.92. The van der Waals surface area contributed by atoms with Gasteiger partial charge in [0.15, 0.2) is 0 Å². The molecule has 0 aliphatic rings. The van der Waals surface area contributed by atoms with Gasteiger partial charge in [-0.15, -0.1) is 0 Å². The Bertz CT molecular complexity index is 658. The van der Waals surface area contributed by atoms with Crippen molar-refractivity contribution in [3.05, 3.63) is 56.8 Å². The highest BCUT2D eigenvalue weighted by molar-refractivity contribution is 9.10. The molecule has 0 aromatic heterocycles. The molecule has 0 N–H and O–H groups in total. The Kier molecular flexibility index (Phi) is 4.74. The average Bonchev–Trinajstić information content (AvgIpc) is 2.37. The van der Waals surface area contributed by atoms with E-state index in [9.17, 15) is 14.5 Å². The first-order chi connectivity index (χ1) is 10.0. The minimum atomic E-state index is -0.589. The number of benzene rings is 2. The first-order valence-electron chi connectivity index (χ1n) is 6.05. The quantitative estimate of drug-likeness (QED) is 0.576. The summed E-state index contributed by atoms with van der Waals surface area (Å²) in [4.78, 5) is 10.6. The monoisotopic (exact) mass is 355 g/mol. The molecule has 0 saturated carbocycles. The van der Waals surface area contributed by atoms with Crippen molar-refractivity contribution in [1.29, 1.82) is 0 Å². The van der Waals surface area contributed by atoms with E-state index >= 15 is 0 Å². The fraction of sp³-hybridized carbons (Fsp3) is 0.143. The van der Waals surface area contributed by atoms with E-state index in [1.807, 2.05) is 0 Å². The molecule has 2 aromatic rings. The van der Waals surface area contributed by atoms with Crippen molar-refractivity contribution < 1.29 is 18.8 Å². The molecule has 0 bridgehead atoms. The number of hydrogen-bond acceptors (Lipinski definition) is 4. The van der Waals surface area contributed by atoms with Crippen LogP contribution >= 0.6 is 15.9 Å². The molecular weight excluding hydrogens is 345 g/mol. The van der Waals surface area contributed by atoms with E-state index in [4.69, 9.17) is 9.47 Å². The fourth-order valence-electron chi connectivity index (χ4n) is 1.75. The van der Waals surface area contributed by atoms with Gasteiger partial charge in [0.2, 0.25) is 11.5 Å². The Morgan fingerprint density at radius 2 is 2.00 bits per heavy atom. The third-order valence-corrected chi connectivity index (χ3v) is 2.97. The molecule has 21 heavy (non-hydrogen) atoms. The highest BCUT2D eigenvalue weighted by atomic mass is 79.9. The van der Waals surface area contributed by atoms with Gasteiger partial charge in [-0.2, -0.15) is 0 Å². The number of hydrogen-bond donors (Lipinski definition) is 0. The Balaban J connectivity index is 2.43. The molecule has 0 fully saturated rings. The van der Waals surface area contributed by atoms with Gasteiger partial charge in [-0.05, 0) is 31.2 Å². The van der Waals surface area contributed by atoms with E-state index in [2.05, 4.69) is 15.9 Å². The van der Waals surface area contributed by atoms with Crippen molar-refractivity contribution in [2.24, 2.45) is 0 Å². The van der Waals surface area contributed by atoms with Crippen LogP contribution in [0, 0.1) is 15.9 Å². The summed E-state index contributed by atoms with van der Waals surface area (Å²) in [6.45, 7) is 2.01. The topological polar surface area (TPSA) is 61.6 Å². The summed E-state index contributed by atoms with van der Waals surface area (Å²) in [5, 5.41) is 11.2. The van der Waals surface area contributed by atoms with Crippen molar-refractivity contribution >= 4 is 21.6 Å². The summed E-state index contributed by atoms with van der Waals surface area (Å²) in [6.07, 6.45) is 0. The van der Waals surface area contributed by atoms with Crippen molar-refractivity contribution in [1.82, 2.24) is 0 Å². The second kappa shape index (κ2) is 6.53. The molecule has 0 heterocycles. The van der Waals surface area contributed by atoms with E-state index in [-0.39, 0.29) is 29.5 Å². The van der Waals surface area contributed by atoms with Crippen molar-refractivity contribution in [2.75, 3.05) is 6.61 Å². The van der Waals surface area contributed by atoms with Gasteiger partial charge >= 0.3 is 5.69 Å². The highest BCUT2D eigenvalue weighted by Gasteiger charge is 2.23. The zero-order valence-electron chi connectivity index (χ0n) is 11.0. The van der Waals surface area contributed by atoms with E-state index in [0.717, 1.165) is 6.07 Å². The van der Waals surface area contributed by atoms with Crippen molar-refractivity contribution in [3.8, 4) is 17.2 Å². The molecule has 0 saturated heterocycles. The van der Waals surface area contributed by atoms with Crippen molar-refractivity contribution in [3.63, 3.8) is 0 Å². The van der Waals surface area contributed by atoms with Crippen LogP contribution in [0.3, 0.4) is 0 Å². The standard InChI is InChI=1S/C14H11BrFNO4/c1-2-20-12-4-3-5-13(14(12)17(18)19)21-11-7-9(15)6-10(16)8-11/h3-8H,2H2,1H3. The lowest BCUT2D eigenvalue weighted by Crippen LogP contribution is -1.99. The number of nitrogens with zero attached hydrogens (tertiary/aromatic N) is 1. The second-order valence-electron chi connectivity index (χ2n) is 4.00. The third-order valence-electron chi connectivity index (χ3n) is 2.51. The molecule has 0 amide bonds. The molecule has 2 aromatic carbocycles. The first-order valence-corrected chi connectivity index (χ1v) is 6.84. The Labute approximate surface area is 128 Å². The van der Waals surface area contributed by atoms with E-state index in [0.29, 0.717) is 4.47 Å². The molecule has 110 valence electrons. The summed E-state index contributed by atoms with van der Waals surface area (Å²) >= 11 is 3.13. The molecule has 5 nitrogen and oxygen atoms in total. The van der Waals surface area contributed by atoms with E-state index < -0.39 is 10.7 Å². The first kappa shape index (κ1) is 15.2. The zero-order chi connectivity index (χ0) is 15.4. The van der Waals surface area contributed by atoms with E-state index in [1.165, 1.54) is 24.3 Å². The summed E-state index contributed by atoms with van der Waals surface area (Å²) < 4.78 is 24.4. The number of ether oxygens (including phenoxy) is 2. The smallest absolute Gasteiger partial charge is 0.352 e.